The minimum absolute atomic E-state index is 0.0597. The molecule has 0 N–H and O–H groups in total. The van der Waals surface area contributed by atoms with Gasteiger partial charge in [0, 0.05) is 32.9 Å². The summed E-state index contributed by atoms with van der Waals surface area (Å²) in [6.45, 7) is 2.19. The molecule has 1 aliphatic carbocycles. The van der Waals surface area contributed by atoms with Gasteiger partial charge in [0.2, 0.25) is 11.8 Å². The predicted octanol–water partition coefficient (Wildman–Crippen LogP) is 1.75. The molecule has 0 saturated heterocycles. The van der Waals surface area contributed by atoms with Crippen LogP contribution in [0.15, 0.2) is 4.52 Å². The molecular weight excluding hydrogens is 218 g/mol. The molecule has 1 saturated carbocycles. The first-order valence-corrected chi connectivity index (χ1v) is 6.21. The third kappa shape index (κ3) is 3.05. The highest BCUT2D eigenvalue weighted by Crippen LogP contribution is 2.32. The molecule has 1 aliphatic rings. The summed E-state index contributed by atoms with van der Waals surface area (Å²) in [6.07, 6.45) is 5.50. The Bertz CT molecular complexity index is 383. The number of rotatable bonds is 4. The lowest BCUT2D eigenvalue weighted by atomic mass is 10.1. The quantitative estimate of drug-likeness (QED) is 0.800. The van der Waals surface area contributed by atoms with Crippen molar-refractivity contribution in [2.24, 2.45) is 0 Å². The number of nitrogens with zero attached hydrogens (tertiary/aromatic N) is 3. The summed E-state index contributed by atoms with van der Waals surface area (Å²) in [6, 6.07) is 0. The Morgan fingerprint density at radius 1 is 1.47 bits per heavy atom. The largest absolute Gasteiger partial charge is 0.346 e. The molecule has 5 nitrogen and oxygen atoms in total. The van der Waals surface area contributed by atoms with Crippen LogP contribution in [-0.4, -0.2) is 34.5 Å². The third-order valence-corrected chi connectivity index (χ3v) is 3.40. The summed E-state index contributed by atoms with van der Waals surface area (Å²) >= 11 is 0. The highest BCUT2D eigenvalue weighted by molar-refractivity contribution is 5.72. The van der Waals surface area contributed by atoms with Crippen LogP contribution in [0.25, 0.3) is 0 Å². The molecule has 0 spiro atoms. The summed E-state index contributed by atoms with van der Waals surface area (Å²) < 4.78 is 5.28. The molecule has 5 heteroatoms. The molecule has 94 valence electrons. The molecule has 0 aromatic carbocycles. The molecule has 0 bridgehead atoms. The van der Waals surface area contributed by atoms with E-state index in [0.717, 1.165) is 18.7 Å². The van der Waals surface area contributed by atoms with Crippen LogP contribution >= 0.6 is 0 Å². The van der Waals surface area contributed by atoms with Gasteiger partial charge >= 0.3 is 0 Å². The molecule has 1 fully saturated rings. The van der Waals surface area contributed by atoms with Crippen molar-refractivity contribution in [3.8, 4) is 0 Å². The monoisotopic (exact) mass is 237 g/mol. The fraction of sp³-hybridized carbons (Fsp3) is 0.750. The zero-order valence-electron chi connectivity index (χ0n) is 10.5. The standard InChI is InChI=1S/C12H19N3O2/c1-9(16)15(2)8-7-11-13-12(17-14-11)10-5-3-4-6-10/h10H,3-8H2,1-2H3. The van der Waals surface area contributed by atoms with Crippen molar-refractivity contribution >= 4 is 5.91 Å². The van der Waals surface area contributed by atoms with Gasteiger partial charge in [-0.3, -0.25) is 4.79 Å². The van der Waals surface area contributed by atoms with Gasteiger partial charge in [0.15, 0.2) is 5.82 Å². The van der Waals surface area contributed by atoms with Crippen LogP contribution in [0.2, 0.25) is 0 Å². The highest BCUT2D eigenvalue weighted by atomic mass is 16.5. The second kappa shape index (κ2) is 5.29. The van der Waals surface area contributed by atoms with E-state index in [1.165, 1.54) is 12.8 Å². The summed E-state index contributed by atoms with van der Waals surface area (Å²) in [4.78, 5) is 17.1. The normalized spacial score (nSPS) is 16.4. The van der Waals surface area contributed by atoms with E-state index in [1.807, 2.05) is 0 Å². The van der Waals surface area contributed by atoms with Gasteiger partial charge < -0.3 is 9.42 Å². The third-order valence-electron chi connectivity index (χ3n) is 3.40. The van der Waals surface area contributed by atoms with Gasteiger partial charge in [0.1, 0.15) is 0 Å². The molecule has 1 amide bonds. The lowest BCUT2D eigenvalue weighted by molar-refractivity contribution is -0.127. The summed E-state index contributed by atoms with van der Waals surface area (Å²) in [5.41, 5.74) is 0. The number of carbonyl (C=O) groups excluding carboxylic acids is 1. The maximum atomic E-state index is 11.0. The minimum atomic E-state index is 0.0597. The van der Waals surface area contributed by atoms with E-state index < -0.39 is 0 Å². The van der Waals surface area contributed by atoms with Gasteiger partial charge in [-0.15, -0.1) is 0 Å². The predicted molar refractivity (Wildman–Crippen MR) is 62.5 cm³/mol. The van der Waals surface area contributed by atoms with Crippen LogP contribution in [0.1, 0.15) is 50.2 Å². The van der Waals surface area contributed by atoms with E-state index in [4.69, 9.17) is 4.52 Å². The Kier molecular flexibility index (Phi) is 3.76. The minimum Gasteiger partial charge on any atom is -0.346 e. The molecule has 1 aromatic rings. The van der Waals surface area contributed by atoms with Crippen LogP contribution in [0.5, 0.6) is 0 Å². The summed E-state index contributed by atoms with van der Waals surface area (Å²) in [5, 5.41) is 3.97. The Hall–Kier alpha value is -1.39. The fourth-order valence-electron chi connectivity index (χ4n) is 2.13. The van der Waals surface area contributed by atoms with E-state index in [-0.39, 0.29) is 5.91 Å². The first-order valence-electron chi connectivity index (χ1n) is 6.21. The van der Waals surface area contributed by atoms with Crippen LogP contribution in [0.4, 0.5) is 0 Å². The maximum absolute atomic E-state index is 11.0. The SMILES string of the molecule is CC(=O)N(C)CCc1noc(C2CCCC2)n1. The number of amides is 1. The molecule has 0 atom stereocenters. The molecule has 17 heavy (non-hydrogen) atoms. The number of likely N-dealkylation sites (N-methyl/N-ethyl adjacent to an activating group) is 1. The molecule has 0 radical (unpaired) electrons. The lowest BCUT2D eigenvalue weighted by Gasteiger charge is -2.12. The second-order valence-electron chi connectivity index (χ2n) is 4.72. The van der Waals surface area contributed by atoms with Gasteiger partial charge in [-0.2, -0.15) is 4.98 Å². The van der Waals surface area contributed by atoms with Crippen LogP contribution in [0, 0.1) is 0 Å². The molecule has 2 rings (SSSR count). The number of hydrogen-bond donors (Lipinski definition) is 0. The molecule has 1 aromatic heterocycles. The number of aromatic nitrogens is 2. The van der Waals surface area contributed by atoms with Crippen molar-refractivity contribution in [3.63, 3.8) is 0 Å². The first-order chi connectivity index (χ1) is 8.16. The molecule has 1 heterocycles. The number of hydrogen-bond acceptors (Lipinski definition) is 4. The Morgan fingerprint density at radius 2 is 2.18 bits per heavy atom. The maximum Gasteiger partial charge on any atom is 0.229 e. The fourth-order valence-corrected chi connectivity index (χ4v) is 2.13. The zero-order chi connectivity index (χ0) is 12.3. The first kappa shape index (κ1) is 12.1. The summed E-state index contributed by atoms with van der Waals surface area (Å²) in [7, 11) is 1.78. The number of carbonyl (C=O) groups is 1. The zero-order valence-corrected chi connectivity index (χ0v) is 10.5. The lowest BCUT2D eigenvalue weighted by Crippen LogP contribution is -2.26. The Balaban J connectivity index is 1.87. The van der Waals surface area contributed by atoms with Crippen molar-refractivity contribution in [3.05, 3.63) is 11.7 Å². The Morgan fingerprint density at radius 3 is 2.82 bits per heavy atom. The van der Waals surface area contributed by atoms with Crippen molar-refractivity contribution in [1.82, 2.24) is 15.0 Å². The van der Waals surface area contributed by atoms with Crippen molar-refractivity contribution in [2.45, 2.75) is 44.9 Å². The van der Waals surface area contributed by atoms with Gasteiger partial charge in [-0.25, -0.2) is 0 Å². The van der Waals surface area contributed by atoms with Crippen molar-refractivity contribution in [1.29, 1.82) is 0 Å². The average molecular weight is 237 g/mol. The van der Waals surface area contributed by atoms with Crippen molar-refractivity contribution < 1.29 is 9.32 Å². The molecule has 0 unspecified atom stereocenters. The van der Waals surface area contributed by atoms with Crippen molar-refractivity contribution in [2.75, 3.05) is 13.6 Å². The molecular formula is C12H19N3O2. The van der Waals surface area contributed by atoms with E-state index in [1.54, 1.807) is 18.9 Å². The topological polar surface area (TPSA) is 59.2 Å². The van der Waals surface area contributed by atoms with E-state index in [0.29, 0.717) is 24.7 Å². The van der Waals surface area contributed by atoms with Crippen LogP contribution in [-0.2, 0) is 11.2 Å². The van der Waals surface area contributed by atoms with E-state index in [9.17, 15) is 4.79 Å². The van der Waals surface area contributed by atoms with Crippen LogP contribution < -0.4 is 0 Å². The molecule has 0 aliphatic heterocycles. The van der Waals surface area contributed by atoms with Gasteiger partial charge in [0.25, 0.3) is 0 Å². The summed E-state index contributed by atoms with van der Waals surface area (Å²) in [5.74, 6) is 2.01. The van der Waals surface area contributed by atoms with Crippen LogP contribution in [0.3, 0.4) is 0 Å². The average Bonchev–Trinajstić information content (AvgIpc) is 2.95. The van der Waals surface area contributed by atoms with E-state index in [2.05, 4.69) is 10.1 Å². The van der Waals surface area contributed by atoms with E-state index >= 15 is 0 Å². The van der Waals surface area contributed by atoms with Gasteiger partial charge in [-0.05, 0) is 12.8 Å². The Labute approximate surface area is 101 Å². The second-order valence-corrected chi connectivity index (χ2v) is 4.72. The smallest absolute Gasteiger partial charge is 0.229 e. The van der Waals surface area contributed by atoms with Gasteiger partial charge in [0.05, 0.1) is 0 Å². The highest BCUT2D eigenvalue weighted by Gasteiger charge is 2.22. The van der Waals surface area contributed by atoms with Gasteiger partial charge in [-0.1, -0.05) is 18.0 Å².